The third-order valence-electron chi connectivity index (χ3n) is 6.10. The molecule has 3 rings (SSSR count). The van der Waals surface area contributed by atoms with Crippen LogP contribution in [0.4, 0.5) is 0 Å². The van der Waals surface area contributed by atoms with E-state index in [0.717, 1.165) is 0 Å². The molecule has 2 bridgehead atoms. The zero-order chi connectivity index (χ0) is 24.1. The molecule has 172 valence electrons. The standard InChI is InChI=1S/C27H30O5Si/c1-26(2,3)33(4,5)32-27-18-12-7-6-11-17-23(22(25(27)29)16-13-19-27)31-24(28)20-30-21-14-9-8-10-15-21/h6-10,14-16,23H,13,19-20H2,1-5H3. The number of para-hydroxylation sites is 1. The third-order valence-corrected chi connectivity index (χ3v) is 10.6. The van der Waals surface area contributed by atoms with Crippen LogP contribution in [0.3, 0.4) is 0 Å². The Kier molecular flexibility index (Phi) is 7.32. The first-order valence-corrected chi connectivity index (χ1v) is 14.0. The summed E-state index contributed by atoms with van der Waals surface area (Å²) in [5.41, 5.74) is -0.966. The van der Waals surface area contributed by atoms with Crippen molar-refractivity contribution in [1.29, 1.82) is 0 Å². The first-order valence-electron chi connectivity index (χ1n) is 11.1. The second kappa shape index (κ2) is 9.83. The second-order valence-corrected chi connectivity index (χ2v) is 14.3. The molecule has 2 aliphatic carbocycles. The number of ketones is 1. The van der Waals surface area contributed by atoms with Crippen LogP contribution in [0, 0.1) is 23.7 Å². The lowest BCUT2D eigenvalue weighted by Gasteiger charge is -2.44. The lowest BCUT2D eigenvalue weighted by Crippen LogP contribution is -2.55. The van der Waals surface area contributed by atoms with Crippen LogP contribution in [0.15, 0.2) is 54.1 Å². The maximum absolute atomic E-state index is 13.8. The zero-order valence-corrected chi connectivity index (χ0v) is 20.9. The molecule has 0 N–H and O–H groups in total. The monoisotopic (exact) mass is 462 g/mol. The number of benzene rings is 1. The molecule has 0 saturated heterocycles. The normalized spacial score (nSPS) is 22.2. The highest BCUT2D eigenvalue weighted by Crippen LogP contribution is 2.42. The summed E-state index contributed by atoms with van der Waals surface area (Å²) in [6, 6.07) is 8.98. The van der Waals surface area contributed by atoms with Gasteiger partial charge in [0, 0.05) is 5.57 Å². The van der Waals surface area contributed by atoms with Gasteiger partial charge in [0.1, 0.15) is 5.75 Å². The summed E-state index contributed by atoms with van der Waals surface area (Å²) in [5.74, 6) is 11.4. The van der Waals surface area contributed by atoms with Gasteiger partial charge in [-0.15, -0.1) is 0 Å². The summed E-state index contributed by atoms with van der Waals surface area (Å²) in [5, 5.41) is -0.101. The summed E-state index contributed by atoms with van der Waals surface area (Å²) in [7, 11) is -2.33. The summed E-state index contributed by atoms with van der Waals surface area (Å²) in [4.78, 5) is 26.3. The van der Waals surface area contributed by atoms with E-state index in [1.54, 1.807) is 30.4 Å². The number of hydrogen-bond donors (Lipinski definition) is 0. The highest BCUT2D eigenvalue weighted by atomic mass is 28.4. The molecule has 0 fully saturated rings. The van der Waals surface area contributed by atoms with Crippen molar-refractivity contribution in [3.8, 4) is 29.4 Å². The largest absolute Gasteiger partial charge is 0.482 e. The predicted molar refractivity (Wildman–Crippen MR) is 130 cm³/mol. The molecule has 2 unspecified atom stereocenters. The van der Waals surface area contributed by atoms with Gasteiger partial charge in [0.15, 0.2) is 26.6 Å². The van der Waals surface area contributed by atoms with Crippen LogP contribution in [0.25, 0.3) is 0 Å². The van der Waals surface area contributed by atoms with Gasteiger partial charge in [0.05, 0.1) is 0 Å². The van der Waals surface area contributed by atoms with Crippen molar-refractivity contribution in [2.45, 2.75) is 63.5 Å². The third kappa shape index (κ3) is 5.84. The van der Waals surface area contributed by atoms with Gasteiger partial charge < -0.3 is 13.9 Å². The van der Waals surface area contributed by atoms with Crippen LogP contribution in [-0.4, -0.2) is 38.4 Å². The molecule has 1 aromatic carbocycles. The molecule has 0 heterocycles. The highest BCUT2D eigenvalue weighted by molar-refractivity contribution is 6.74. The number of ether oxygens (including phenoxy) is 2. The van der Waals surface area contributed by atoms with E-state index in [9.17, 15) is 9.59 Å². The van der Waals surface area contributed by atoms with Crippen LogP contribution >= 0.6 is 0 Å². The van der Waals surface area contributed by atoms with Gasteiger partial charge in [0.2, 0.25) is 5.78 Å². The molecular weight excluding hydrogens is 432 g/mol. The summed E-state index contributed by atoms with van der Waals surface area (Å²) in [6.45, 7) is 10.3. The van der Waals surface area contributed by atoms with Gasteiger partial charge in [-0.25, -0.2) is 4.79 Å². The van der Waals surface area contributed by atoms with Crippen molar-refractivity contribution in [2.24, 2.45) is 0 Å². The van der Waals surface area contributed by atoms with E-state index >= 15 is 0 Å². The summed E-state index contributed by atoms with van der Waals surface area (Å²) in [6.07, 6.45) is 4.97. The Morgan fingerprint density at radius 1 is 1.15 bits per heavy atom. The van der Waals surface area contributed by atoms with Crippen LogP contribution in [0.5, 0.6) is 5.75 Å². The minimum Gasteiger partial charge on any atom is -0.482 e. The molecule has 1 aromatic rings. The average Bonchev–Trinajstić information content (AvgIpc) is 2.75. The SMILES string of the molecule is CC(C)(C)[Si](C)(C)OC12C#CC=CC#CC(OC(=O)COc3ccccc3)C(=CCC1)C2=O. The van der Waals surface area contributed by atoms with Gasteiger partial charge in [-0.05, 0) is 61.2 Å². The molecule has 6 heteroatoms. The maximum atomic E-state index is 13.8. The molecule has 2 atom stereocenters. The number of carbonyl (C=O) groups excluding carboxylic acids is 2. The van der Waals surface area contributed by atoms with Gasteiger partial charge >= 0.3 is 5.97 Å². The Bertz CT molecular complexity index is 1090. The highest BCUT2D eigenvalue weighted by Gasteiger charge is 2.50. The number of rotatable bonds is 6. The first-order chi connectivity index (χ1) is 15.5. The Morgan fingerprint density at radius 3 is 2.55 bits per heavy atom. The Labute approximate surface area is 197 Å². The molecule has 5 nitrogen and oxygen atoms in total. The topological polar surface area (TPSA) is 61.8 Å². The smallest absolute Gasteiger partial charge is 0.345 e. The number of hydrogen-bond acceptors (Lipinski definition) is 5. The molecule has 0 spiro atoms. The van der Waals surface area contributed by atoms with Crippen LogP contribution in [0.2, 0.25) is 18.1 Å². The van der Waals surface area contributed by atoms with Gasteiger partial charge in [-0.3, -0.25) is 4.79 Å². The van der Waals surface area contributed by atoms with E-state index < -0.39 is 26.0 Å². The van der Waals surface area contributed by atoms with Crippen LogP contribution in [-0.2, 0) is 18.8 Å². The van der Waals surface area contributed by atoms with Crippen molar-refractivity contribution in [1.82, 2.24) is 0 Å². The van der Waals surface area contributed by atoms with E-state index in [4.69, 9.17) is 13.9 Å². The molecular formula is C27H30O5Si. The van der Waals surface area contributed by atoms with E-state index in [2.05, 4.69) is 57.5 Å². The predicted octanol–water partition coefficient (Wildman–Crippen LogP) is 4.60. The van der Waals surface area contributed by atoms with Gasteiger partial charge in [-0.2, -0.15) is 0 Å². The second-order valence-electron chi connectivity index (χ2n) is 9.58. The van der Waals surface area contributed by atoms with E-state index in [1.807, 2.05) is 18.2 Å². The molecule has 0 amide bonds. The number of allylic oxidation sites excluding steroid dienone is 3. The minimum atomic E-state index is -2.33. The average molecular weight is 463 g/mol. The molecule has 2 aliphatic rings. The molecule has 0 saturated carbocycles. The Balaban J connectivity index is 1.85. The van der Waals surface area contributed by atoms with E-state index in [-0.39, 0.29) is 17.4 Å². The van der Waals surface area contributed by atoms with Crippen LogP contribution in [0.1, 0.15) is 33.6 Å². The molecule has 33 heavy (non-hydrogen) atoms. The molecule has 0 radical (unpaired) electrons. The van der Waals surface area contributed by atoms with Crippen molar-refractivity contribution in [3.05, 3.63) is 54.1 Å². The van der Waals surface area contributed by atoms with Crippen LogP contribution < -0.4 is 4.74 Å². The van der Waals surface area contributed by atoms with Crippen molar-refractivity contribution in [3.63, 3.8) is 0 Å². The first kappa shape index (κ1) is 24.6. The fraction of sp³-hybridized carbons (Fsp3) is 0.407. The fourth-order valence-corrected chi connectivity index (χ4v) is 4.71. The molecule has 0 aliphatic heterocycles. The number of esters is 1. The summed E-state index contributed by atoms with van der Waals surface area (Å²) < 4.78 is 17.7. The number of fused-ring (bicyclic) bond motifs is 2. The fourth-order valence-electron chi connectivity index (χ4n) is 3.29. The van der Waals surface area contributed by atoms with Gasteiger partial charge in [0.25, 0.3) is 0 Å². The van der Waals surface area contributed by atoms with Crippen molar-refractivity contribution < 1.29 is 23.5 Å². The lowest BCUT2D eigenvalue weighted by molar-refractivity contribution is -0.148. The van der Waals surface area contributed by atoms with Crippen molar-refractivity contribution in [2.75, 3.05) is 6.61 Å². The zero-order valence-electron chi connectivity index (χ0n) is 19.9. The van der Waals surface area contributed by atoms with Gasteiger partial charge in [-0.1, -0.05) is 62.8 Å². The lowest BCUT2D eigenvalue weighted by atomic mass is 9.81. The summed E-state index contributed by atoms with van der Waals surface area (Å²) >= 11 is 0. The van der Waals surface area contributed by atoms with Crippen molar-refractivity contribution >= 4 is 20.1 Å². The van der Waals surface area contributed by atoms with E-state index in [0.29, 0.717) is 24.2 Å². The molecule has 0 aromatic heterocycles. The Morgan fingerprint density at radius 2 is 1.85 bits per heavy atom. The number of Topliss-reactive ketones (excluding diaryl/α,β-unsaturated/α-hetero) is 1. The quantitative estimate of drug-likeness (QED) is 0.351. The van der Waals surface area contributed by atoms with E-state index in [1.165, 1.54) is 0 Å². The minimum absolute atomic E-state index is 0.101. The Hall–Kier alpha value is -3.06. The number of carbonyl (C=O) groups is 2. The maximum Gasteiger partial charge on any atom is 0.345 e.